The summed E-state index contributed by atoms with van der Waals surface area (Å²) in [5, 5.41) is 2.74. The quantitative estimate of drug-likeness (QED) is 0.503. The lowest BCUT2D eigenvalue weighted by atomic mass is 10.1. The van der Waals surface area contributed by atoms with Gasteiger partial charge in [-0.1, -0.05) is 12.1 Å². The highest BCUT2D eigenvalue weighted by molar-refractivity contribution is 7.16. The lowest BCUT2D eigenvalue weighted by Gasteiger charge is -2.11. The van der Waals surface area contributed by atoms with Crippen LogP contribution in [0.5, 0.6) is 5.75 Å². The Morgan fingerprint density at radius 1 is 1.35 bits per heavy atom. The summed E-state index contributed by atoms with van der Waals surface area (Å²) in [7, 11) is 0. The van der Waals surface area contributed by atoms with Crippen molar-refractivity contribution < 1.29 is 13.9 Å². The molecule has 4 nitrogen and oxygen atoms in total. The predicted octanol–water partition coefficient (Wildman–Crippen LogP) is 4.16. The van der Waals surface area contributed by atoms with Crippen LogP contribution in [0.3, 0.4) is 0 Å². The average Bonchev–Trinajstić information content (AvgIpc) is 3.13. The molecule has 0 saturated heterocycles. The lowest BCUT2D eigenvalue weighted by molar-refractivity contribution is 0.0950. The molecule has 1 amide bonds. The van der Waals surface area contributed by atoms with E-state index in [4.69, 9.17) is 11.2 Å². The van der Waals surface area contributed by atoms with E-state index >= 15 is 0 Å². The van der Waals surface area contributed by atoms with Crippen molar-refractivity contribution in [1.29, 1.82) is 0 Å². The third-order valence-electron chi connectivity index (χ3n) is 3.80. The van der Waals surface area contributed by atoms with Crippen molar-refractivity contribution in [2.75, 3.05) is 6.61 Å². The first kappa shape index (κ1) is 17.9. The van der Waals surface area contributed by atoms with Crippen LogP contribution >= 0.6 is 11.3 Å². The van der Waals surface area contributed by atoms with Gasteiger partial charge in [0.15, 0.2) is 11.6 Å². The minimum atomic E-state index is -0.466. The molecule has 0 unspecified atom stereocenters. The van der Waals surface area contributed by atoms with E-state index in [-0.39, 0.29) is 18.2 Å². The second-order valence-electron chi connectivity index (χ2n) is 5.60. The molecule has 0 atom stereocenters. The molecule has 1 aromatic heterocycles. The Labute approximate surface area is 155 Å². The minimum absolute atomic E-state index is 0.0763. The van der Waals surface area contributed by atoms with E-state index in [1.165, 1.54) is 11.3 Å². The van der Waals surface area contributed by atoms with Gasteiger partial charge in [0.05, 0.1) is 22.3 Å². The maximum atomic E-state index is 14.5. The van der Waals surface area contributed by atoms with Gasteiger partial charge < -0.3 is 10.1 Å². The zero-order valence-electron chi connectivity index (χ0n) is 14.0. The summed E-state index contributed by atoms with van der Waals surface area (Å²) in [5.41, 5.74) is 3.47. The van der Waals surface area contributed by atoms with Crippen LogP contribution in [0, 0.1) is 18.2 Å². The molecule has 132 valence electrons. The summed E-state index contributed by atoms with van der Waals surface area (Å²) >= 11 is 1.47. The molecule has 0 saturated carbocycles. The van der Waals surface area contributed by atoms with Gasteiger partial charge in [-0.2, -0.15) is 0 Å². The Bertz CT molecular complexity index is 962. The van der Waals surface area contributed by atoms with Gasteiger partial charge in [-0.25, -0.2) is 9.37 Å². The Kier molecular flexibility index (Phi) is 5.82. The van der Waals surface area contributed by atoms with Crippen molar-refractivity contribution in [2.45, 2.75) is 19.4 Å². The van der Waals surface area contributed by atoms with Crippen LogP contribution in [-0.2, 0) is 6.54 Å². The van der Waals surface area contributed by atoms with Gasteiger partial charge in [-0.3, -0.25) is 4.79 Å². The zero-order chi connectivity index (χ0) is 18.4. The number of amides is 1. The van der Waals surface area contributed by atoms with E-state index in [1.807, 2.05) is 0 Å². The molecule has 1 heterocycles. The summed E-state index contributed by atoms with van der Waals surface area (Å²) in [6.07, 6.45) is 6.43. The molecule has 0 spiro atoms. The smallest absolute Gasteiger partial charge is 0.251 e. The molecule has 6 heteroatoms. The van der Waals surface area contributed by atoms with Gasteiger partial charge in [0.1, 0.15) is 0 Å². The van der Waals surface area contributed by atoms with Crippen molar-refractivity contribution in [3.63, 3.8) is 0 Å². The lowest BCUT2D eigenvalue weighted by Crippen LogP contribution is -2.23. The molecule has 0 fully saturated rings. The number of carbonyl (C=O) groups is 1. The van der Waals surface area contributed by atoms with E-state index in [9.17, 15) is 9.18 Å². The largest absolute Gasteiger partial charge is 0.490 e. The summed E-state index contributed by atoms with van der Waals surface area (Å²) in [6.45, 7) is 0.429. The van der Waals surface area contributed by atoms with Gasteiger partial charge in [0.25, 0.3) is 5.91 Å². The third-order valence-corrected chi connectivity index (χ3v) is 4.59. The number of halogens is 1. The van der Waals surface area contributed by atoms with Crippen molar-refractivity contribution >= 4 is 27.5 Å². The number of fused-ring (bicyclic) bond motifs is 1. The fraction of sp³-hybridized carbons (Fsp3) is 0.200. The Morgan fingerprint density at radius 2 is 2.23 bits per heavy atom. The number of rotatable bonds is 7. The average molecular weight is 368 g/mol. The van der Waals surface area contributed by atoms with Crippen molar-refractivity contribution in [2.24, 2.45) is 0 Å². The molecule has 2 aromatic carbocycles. The van der Waals surface area contributed by atoms with Crippen molar-refractivity contribution in [1.82, 2.24) is 10.3 Å². The molecule has 3 rings (SSSR count). The molecule has 1 N–H and O–H groups in total. The van der Waals surface area contributed by atoms with E-state index < -0.39 is 5.82 Å². The van der Waals surface area contributed by atoms with Crippen molar-refractivity contribution in [3.05, 3.63) is 58.9 Å². The molecule has 0 aliphatic rings. The summed E-state index contributed by atoms with van der Waals surface area (Å²) in [6, 6.07) is 10.2. The number of hydrogen-bond acceptors (Lipinski definition) is 4. The number of unbranched alkanes of at least 4 members (excludes halogenated alkanes) is 1. The van der Waals surface area contributed by atoms with Crippen LogP contribution in [0.4, 0.5) is 4.39 Å². The molecular weight excluding hydrogens is 351 g/mol. The number of thiazole rings is 1. The standard InChI is InChI=1S/C20H17FN2O2S/c1-2-3-4-10-25-17-7-5-6-15(19(17)21)12-22-20(24)14-8-9-16-18(11-14)26-13-23-16/h1,5-9,11,13H,3-4,10,12H2,(H,22,24). The number of benzene rings is 2. The molecule has 3 aromatic rings. The van der Waals surface area contributed by atoms with E-state index in [2.05, 4.69) is 16.2 Å². The number of nitrogens with one attached hydrogen (secondary N) is 1. The SMILES string of the molecule is C#CCCCOc1cccc(CNC(=O)c2ccc3ncsc3c2)c1F. The van der Waals surface area contributed by atoms with Gasteiger partial charge in [-0.05, 0) is 30.7 Å². The van der Waals surface area contributed by atoms with Crippen LogP contribution < -0.4 is 10.1 Å². The maximum absolute atomic E-state index is 14.5. The fourth-order valence-corrected chi connectivity index (χ4v) is 3.15. The second-order valence-corrected chi connectivity index (χ2v) is 6.49. The van der Waals surface area contributed by atoms with Crippen molar-refractivity contribution in [3.8, 4) is 18.1 Å². The van der Waals surface area contributed by atoms with Crippen LogP contribution in [0.1, 0.15) is 28.8 Å². The van der Waals surface area contributed by atoms with Crippen LogP contribution in [0.15, 0.2) is 41.9 Å². The Hall–Kier alpha value is -2.91. The molecule has 0 bridgehead atoms. The number of terminal acetylenes is 1. The number of carbonyl (C=O) groups excluding carboxylic acids is 1. The fourth-order valence-electron chi connectivity index (χ4n) is 2.43. The Balaban J connectivity index is 1.63. The normalized spacial score (nSPS) is 10.5. The van der Waals surface area contributed by atoms with Crippen LogP contribution in [0.25, 0.3) is 10.2 Å². The predicted molar refractivity (Wildman–Crippen MR) is 101 cm³/mol. The first-order valence-electron chi connectivity index (χ1n) is 8.14. The molecule has 0 radical (unpaired) electrons. The highest BCUT2D eigenvalue weighted by Crippen LogP contribution is 2.22. The highest BCUT2D eigenvalue weighted by atomic mass is 32.1. The molecule has 0 aliphatic heterocycles. The topological polar surface area (TPSA) is 51.2 Å². The Morgan fingerprint density at radius 3 is 3.08 bits per heavy atom. The first-order chi connectivity index (χ1) is 12.7. The van der Waals surface area contributed by atoms with Crippen LogP contribution in [0.2, 0.25) is 0 Å². The monoisotopic (exact) mass is 368 g/mol. The van der Waals surface area contributed by atoms with Crippen LogP contribution in [-0.4, -0.2) is 17.5 Å². The van der Waals surface area contributed by atoms with E-state index in [0.717, 1.165) is 10.2 Å². The summed E-state index contributed by atoms with van der Waals surface area (Å²) in [5.74, 6) is 1.95. The summed E-state index contributed by atoms with van der Waals surface area (Å²) < 4.78 is 20.8. The number of nitrogens with zero attached hydrogens (tertiary/aromatic N) is 1. The third kappa shape index (κ3) is 4.19. The highest BCUT2D eigenvalue weighted by Gasteiger charge is 2.12. The molecule has 26 heavy (non-hydrogen) atoms. The molecule has 0 aliphatic carbocycles. The van der Waals surface area contributed by atoms with Gasteiger partial charge in [-0.15, -0.1) is 23.7 Å². The maximum Gasteiger partial charge on any atom is 0.251 e. The second kappa shape index (κ2) is 8.45. The number of hydrogen-bond donors (Lipinski definition) is 1. The van der Waals surface area contributed by atoms with Gasteiger partial charge in [0, 0.05) is 24.1 Å². The first-order valence-corrected chi connectivity index (χ1v) is 9.02. The number of aromatic nitrogens is 1. The van der Waals surface area contributed by atoms with E-state index in [0.29, 0.717) is 30.6 Å². The molecular formula is C20H17FN2O2S. The van der Waals surface area contributed by atoms with E-state index in [1.54, 1.807) is 41.9 Å². The summed E-state index contributed by atoms with van der Waals surface area (Å²) in [4.78, 5) is 16.5. The minimum Gasteiger partial charge on any atom is -0.490 e. The van der Waals surface area contributed by atoms with Gasteiger partial charge in [0.2, 0.25) is 0 Å². The number of ether oxygens (including phenoxy) is 1. The van der Waals surface area contributed by atoms with Gasteiger partial charge >= 0.3 is 0 Å². The zero-order valence-corrected chi connectivity index (χ0v) is 14.8.